The molecule has 0 unspecified atom stereocenters. The second-order valence-electron chi connectivity index (χ2n) is 7.46. The summed E-state index contributed by atoms with van der Waals surface area (Å²) in [5.74, 6) is 1.70. The number of hydrogen-bond acceptors (Lipinski definition) is 4. The van der Waals surface area contributed by atoms with E-state index in [-0.39, 0.29) is 18.5 Å². The van der Waals surface area contributed by atoms with Crippen molar-refractivity contribution in [2.24, 2.45) is 10.9 Å². The summed E-state index contributed by atoms with van der Waals surface area (Å²) >= 11 is 0. The van der Waals surface area contributed by atoms with Gasteiger partial charge in [-0.1, -0.05) is 18.2 Å². The number of aromatic nitrogens is 2. The van der Waals surface area contributed by atoms with Crippen LogP contribution in [0.5, 0.6) is 0 Å². The molecule has 1 aliphatic carbocycles. The summed E-state index contributed by atoms with van der Waals surface area (Å²) in [6.45, 7) is 1.95. The molecule has 0 bridgehead atoms. The van der Waals surface area contributed by atoms with Gasteiger partial charge in [0.25, 0.3) is 0 Å². The summed E-state index contributed by atoms with van der Waals surface area (Å²) < 4.78 is 1.72. The number of rotatable bonds is 5. The third-order valence-corrected chi connectivity index (χ3v) is 5.35. The molecule has 1 aromatic carbocycles. The van der Waals surface area contributed by atoms with Crippen molar-refractivity contribution in [1.29, 1.82) is 0 Å². The highest BCUT2D eigenvalue weighted by molar-refractivity contribution is 6.19. The predicted octanol–water partition coefficient (Wildman–Crippen LogP) is 1.79. The summed E-state index contributed by atoms with van der Waals surface area (Å²) in [5.41, 5.74) is 1.63. The second-order valence-corrected chi connectivity index (χ2v) is 7.46. The summed E-state index contributed by atoms with van der Waals surface area (Å²) in [7, 11) is 0. The Labute approximate surface area is 162 Å². The highest BCUT2D eigenvalue weighted by atomic mass is 16.2. The molecule has 0 saturated heterocycles. The van der Waals surface area contributed by atoms with Gasteiger partial charge in [0.05, 0.1) is 17.4 Å². The van der Waals surface area contributed by atoms with Crippen molar-refractivity contribution >= 4 is 23.6 Å². The minimum absolute atomic E-state index is 0.0269. The zero-order chi connectivity index (χ0) is 19.1. The number of para-hydroxylation sites is 1. The van der Waals surface area contributed by atoms with Crippen LogP contribution in [0.4, 0.5) is 10.6 Å². The lowest BCUT2D eigenvalue weighted by molar-refractivity contribution is -0.119. The van der Waals surface area contributed by atoms with Crippen LogP contribution in [0, 0.1) is 5.92 Å². The van der Waals surface area contributed by atoms with Gasteiger partial charge in [-0.3, -0.25) is 19.6 Å². The highest BCUT2D eigenvalue weighted by Gasteiger charge is 2.40. The molecule has 8 heteroatoms. The molecule has 5 rings (SSSR count). The van der Waals surface area contributed by atoms with Gasteiger partial charge in [0.1, 0.15) is 12.4 Å². The van der Waals surface area contributed by atoms with Crippen molar-refractivity contribution in [3.05, 3.63) is 42.1 Å². The number of fused-ring (bicyclic) bond motifs is 3. The SMILES string of the molecule is O=C(CN1C(=O)N2CCCN=C2c2cnn(-c3ccccc3)c21)NCC1CC1. The maximum atomic E-state index is 13.2. The number of amidine groups is 1. The van der Waals surface area contributed by atoms with E-state index >= 15 is 0 Å². The fraction of sp³-hybridized carbons (Fsp3) is 0.400. The largest absolute Gasteiger partial charge is 0.354 e. The lowest BCUT2D eigenvalue weighted by Gasteiger charge is -2.37. The fourth-order valence-electron chi connectivity index (χ4n) is 3.70. The van der Waals surface area contributed by atoms with Gasteiger partial charge in [0, 0.05) is 19.6 Å². The quantitative estimate of drug-likeness (QED) is 0.861. The van der Waals surface area contributed by atoms with E-state index in [9.17, 15) is 9.59 Å². The van der Waals surface area contributed by atoms with Crippen LogP contribution < -0.4 is 10.2 Å². The second kappa shape index (κ2) is 6.78. The standard InChI is InChI=1S/C20H22N6O2/c27-17(22-11-14-7-8-14)13-25-19-16(18-21-9-4-10-24(18)20(25)28)12-23-26(19)15-5-2-1-3-6-15/h1-3,5-6,12,14H,4,7-11,13H2,(H,22,27). The first-order valence-electron chi connectivity index (χ1n) is 9.76. The summed E-state index contributed by atoms with van der Waals surface area (Å²) in [6, 6.07) is 9.41. The van der Waals surface area contributed by atoms with Crippen molar-refractivity contribution in [1.82, 2.24) is 20.0 Å². The number of urea groups is 1. The normalized spacial score (nSPS) is 18.4. The summed E-state index contributed by atoms with van der Waals surface area (Å²) in [6.07, 6.45) is 4.89. The van der Waals surface area contributed by atoms with Gasteiger partial charge in [-0.15, -0.1) is 0 Å². The van der Waals surface area contributed by atoms with Gasteiger partial charge in [-0.25, -0.2) is 9.48 Å². The van der Waals surface area contributed by atoms with Crippen molar-refractivity contribution in [2.45, 2.75) is 19.3 Å². The monoisotopic (exact) mass is 378 g/mol. The maximum Gasteiger partial charge on any atom is 0.331 e. The maximum absolute atomic E-state index is 13.2. The molecule has 2 aliphatic heterocycles. The van der Waals surface area contributed by atoms with Crippen molar-refractivity contribution < 1.29 is 9.59 Å². The van der Waals surface area contributed by atoms with Crippen LogP contribution >= 0.6 is 0 Å². The molecule has 0 radical (unpaired) electrons. The number of anilines is 1. The first kappa shape index (κ1) is 17.0. The predicted molar refractivity (Wildman–Crippen MR) is 105 cm³/mol. The lowest BCUT2D eigenvalue weighted by atomic mass is 10.1. The zero-order valence-electron chi connectivity index (χ0n) is 15.5. The molecule has 1 aromatic heterocycles. The number of amides is 3. The van der Waals surface area contributed by atoms with E-state index in [1.165, 1.54) is 17.7 Å². The van der Waals surface area contributed by atoms with E-state index in [0.29, 0.717) is 37.2 Å². The molecule has 0 spiro atoms. The van der Waals surface area contributed by atoms with Crippen molar-refractivity contribution in [3.8, 4) is 5.69 Å². The molecule has 1 saturated carbocycles. The summed E-state index contributed by atoms with van der Waals surface area (Å²) in [5, 5.41) is 7.47. The molecule has 3 heterocycles. The van der Waals surface area contributed by atoms with Crippen molar-refractivity contribution in [2.75, 3.05) is 31.1 Å². The number of nitrogens with zero attached hydrogens (tertiary/aromatic N) is 5. The van der Waals surface area contributed by atoms with Crippen molar-refractivity contribution in [3.63, 3.8) is 0 Å². The Bertz CT molecular complexity index is 947. The topological polar surface area (TPSA) is 82.8 Å². The van der Waals surface area contributed by atoms with Gasteiger partial charge < -0.3 is 5.32 Å². The van der Waals surface area contributed by atoms with Crippen LogP contribution in [-0.4, -0.2) is 58.6 Å². The Kier molecular flexibility index (Phi) is 4.11. The van der Waals surface area contributed by atoms with E-state index in [1.54, 1.807) is 15.8 Å². The molecule has 8 nitrogen and oxygen atoms in total. The smallest absolute Gasteiger partial charge is 0.331 e. The molecule has 1 fully saturated rings. The van der Waals surface area contributed by atoms with Crippen LogP contribution in [0.3, 0.4) is 0 Å². The number of carbonyl (C=O) groups excluding carboxylic acids is 2. The van der Waals surface area contributed by atoms with Crippen LogP contribution in [0.1, 0.15) is 24.8 Å². The van der Waals surface area contributed by atoms with Gasteiger partial charge in [-0.05, 0) is 37.3 Å². The Morgan fingerprint density at radius 3 is 2.82 bits per heavy atom. The first-order valence-corrected chi connectivity index (χ1v) is 9.76. The average Bonchev–Trinajstić information content (AvgIpc) is 3.46. The molecule has 144 valence electrons. The molecule has 28 heavy (non-hydrogen) atoms. The first-order chi connectivity index (χ1) is 13.7. The lowest BCUT2D eigenvalue weighted by Crippen LogP contribution is -2.55. The summed E-state index contributed by atoms with van der Waals surface area (Å²) in [4.78, 5) is 33.6. The van der Waals surface area contributed by atoms with Crippen LogP contribution in [-0.2, 0) is 4.79 Å². The Balaban J connectivity index is 1.53. The van der Waals surface area contributed by atoms with Crippen LogP contribution in [0.15, 0.2) is 41.5 Å². The number of hydrogen-bond donors (Lipinski definition) is 1. The van der Waals surface area contributed by atoms with Gasteiger partial charge in [0.2, 0.25) is 5.91 Å². The number of nitrogens with one attached hydrogen (secondary N) is 1. The Hall–Kier alpha value is -3.16. The van der Waals surface area contributed by atoms with Gasteiger partial charge >= 0.3 is 6.03 Å². The van der Waals surface area contributed by atoms with Gasteiger partial charge in [0.15, 0.2) is 5.82 Å². The van der Waals surface area contributed by atoms with E-state index in [0.717, 1.165) is 17.7 Å². The number of benzene rings is 1. The number of carbonyl (C=O) groups is 2. The van der Waals surface area contributed by atoms with Crippen LogP contribution in [0.2, 0.25) is 0 Å². The molecule has 2 aromatic rings. The van der Waals surface area contributed by atoms with E-state index in [4.69, 9.17) is 0 Å². The minimum atomic E-state index is -0.217. The molecular formula is C20H22N6O2. The molecule has 3 amide bonds. The Morgan fingerprint density at radius 1 is 1.21 bits per heavy atom. The number of aliphatic imine (C=N–C) groups is 1. The molecule has 1 N–H and O–H groups in total. The zero-order valence-corrected chi connectivity index (χ0v) is 15.5. The molecular weight excluding hydrogens is 356 g/mol. The van der Waals surface area contributed by atoms with E-state index in [2.05, 4.69) is 15.4 Å². The van der Waals surface area contributed by atoms with Crippen LogP contribution in [0.25, 0.3) is 5.69 Å². The average molecular weight is 378 g/mol. The highest BCUT2D eigenvalue weighted by Crippen LogP contribution is 2.32. The minimum Gasteiger partial charge on any atom is -0.354 e. The third-order valence-electron chi connectivity index (χ3n) is 5.35. The Morgan fingerprint density at radius 2 is 2.04 bits per heavy atom. The molecule has 0 atom stereocenters. The van der Waals surface area contributed by atoms with E-state index in [1.807, 2.05) is 30.3 Å². The van der Waals surface area contributed by atoms with Gasteiger partial charge in [-0.2, -0.15) is 5.10 Å². The molecule has 3 aliphatic rings. The third kappa shape index (κ3) is 2.94. The fourth-order valence-corrected chi connectivity index (χ4v) is 3.70. The van der Waals surface area contributed by atoms with E-state index < -0.39 is 0 Å².